The number of rotatable bonds is 4. The zero-order valence-electron chi connectivity index (χ0n) is 15.5. The summed E-state index contributed by atoms with van der Waals surface area (Å²) in [5, 5.41) is 11.5. The van der Waals surface area contributed by atoms with E-state index in [1.807, 2.05) is 0 Å². The first kappa shape index (κ1) is 19.3. The number of phenols is 1. The van der Waals surface area contributed by atoms with E-state index in [1.165, 1.54) is 22.2 Å². The summed E-state index contributed by atoms with van der Waals surface area (Å²) >= 11 is 5.88. The largest absolute Gasteiger partial charge is 0.508 e. The molecule has 1 fully saturated rings. The number of aromatic nitrogens is 1. The van der Waals surface area contributed by atoms with Crippen LogP contribution in [0.15, 0.2) is 53.6 Å². The zero-order chi connectivity index (χ0) is 19.9. The van der Waals surface area contributed by atoms with Gasteiger partial charge in [0.05, 0.1) is 10.4 Å². The molecular weight excluding hydrogens is 398 g/mol. The normalized spacial score (nSPS) is 16.6. The lowest BCUT2D eigenvalue weighted by Gasteiger charge is -2.32. The Morgan fingerprint density at radius 1 is 1.04 bits per heavy atom. The number of fused-ring (bicyclic) bond motifs is 1. The molecule has 0 aliphatic carbocycles. The van der Waals surface area contributed by atoms with Gasteiger partial charge in [0.25, 0.3) is 10.0 Å². The van der Waals surface area contributed by atoms with Gasteiger partial charge >= 0.3 is 0 Å². The average molecular weight is 420 g/mol. The predicted octanol–water partition coefficient (Wildman–Crippen LogP) is 2.98. The Labute approximate surface area is 169 Å². The van der Waals surface area contributed by atoms with Crippen LogP contribution < -0.4 is 0 Å². The highest BCUT2D eigenvalue weighted by Crippen LogP contribution is 2.30. The Hall–Kier alpha value is -2.06. The molecule has 1 N–H and O–H groups in total. The molecular formula is C20H22ClN3O3S. The van der Waals surface area contributed by atoms with Crippen LogP contribution >= 0.6 is 11.6 Å². The summed E-state index contributed by atoms with van der Waals surface area (Å²) in [5.41, 5.74) is 1.39. The second kappa shape index (κ2) is 7.40. The molecule has 4 rings (SSSR count). The van der Waals surface area contributed by atoms with Gasteiger partial charge < -0.3 is 10.0 Å². The van der Waals surface area contributed by atoms with Crippen LogP contribution in [0.25, 0.3) is 10.9 Å². The fourth-order valence-electron chi connectivity index (χ4n) is 3.58. The maximum absolute atomic E-state index is 13.1. The van der Waals surface area contributed by atoms with Gasteiger partial charge in [-0.15, -0.1) is 0 Å². The Bertz CT molecular complexity index is 1100. The third kappa shape index (κ3) is 3.63. The molecule has 0 radical (unpaired) electrons. The number of phenolic OH excluding ortho intramolecular Hbond substituents is 1. The third-order valence-electron chi connectivity index (χ3n) is 5.20. The number of hydrogen-bond acceptors (Lipinski definition) is 5. The summed E-state index contributed by atoms with van der Waals surface area (Å²) in [7, 11) is -1.68. The van der Waals surface area contributed by atoms with Gasteiger partial charge in [0, 0.05) is 55.4 Å². The molecule has 1 aromatic heterocycles. The fourth-order valence-corrected chi connectivity index (χ4v) is 5.05. The fraction of sp³-hybridized carbons (Fsp3) is 0.300. The smallest absolute Gasteiger partial charge is 0.268 e. The van der Waals surface area contributed by atoms with Crippen molar-refractivity contribution in [2.75, 3.05) is 33.2 Å². The van der Waals surface area contributed by atoms with Crippen LogP contribution in [0.2, 0.25) is 5.02 Å². The minimum atomic E-state index is -3.79. The first-order valence-electron chi connectivity index (χ1n) is 9.09. The Morgan fingerprint density at radius 2 is 1.71 bits per heavy atom. The van der Waals surface area contributed by atoms with E-state index >= 15 is 0 Å². The minimum absolute atomic E-state index is 0.0582. The van der Waals surface area contributed by atoms with Gasteiger partial charge in [-0.2, -0.15) is 0 Å². The average Bonchev–Trinajstić information content (AvgIpc) is 3.08. The van der Waals surface area contributed by atoms with Crippen LogP contribution in [-0.2, 0) is 16.6 Å². The number of nitrogens with zero attached hydrogens (tertiary/aromatic N) is 3. The molecule has 1 aliphatic rings. The van der Waals surface area contributed by atoms with Crippen LogP contribution in [-0.4, -0.2) is 60.5 Å². The number of halogens is 1. The lowest BCUT2D eigenvalue weighted by atomic mass is 10.1. The van der Waals surface area contributed by atoms with Crippen molar-refractivity contribution in [1.82, 2.24) is 13.8 Å². The summed E-state index contributed by atoms with van der Waals surface area (Å²) in [6.45, 7) is 4.54. The van der Waals surface area contributed by atoms with E-state index in [2.05, 4.69) is 16.8 Å². The van der Waals surface area contributed by atoms with E-state index in [-0.39, 0.29) is 10.6 Å². The molecule has 0 spiro atoms. The molecule has 6 nitrogen and oxygen atoms in total. The molecule has 28 heavy (non-hydrogen) atoms. The quantitative estimate of drug-likeness (QED) is 0.704. The van der Waals surface area contributed by atoms with Crippen molar-refractivity contribution in [3.05, 3.63) is 59.2 Å². The summed E-state index contributed by atoms with van der Waals surface area (Å²) < 4.78 is 27.4. The van der Waals surface area contributed by atoms with Gasteiger partial charge in [-0.1, -0.05) is 11.6 Å². The Kier molecular flexibility index (Phi) is 5.09. The van der Waals surface area contributed by atoms with Gasteiger partial charge in [0.15, 0.2) is 0 Å². The van der Waals surface area contributed by atoms with Crippen LogP contribution in [0.4, 0.5) is 0 Å². The number of benzene rings is 2. The number of likely N-dealkylation sites (N-methyl/N-ethyl adjacent to an activating group) is 1. The van der Waals surface area contributed by atoms with Gasteiger partial charge in [0.1, 0.15) is 5.75 Å². The monoisotopic (exact) mass is 419 g/mol. The van der Waals surface area contributed by atoms with E-state index in [0.29, 0.717) is 17.1 Å². The Morgan fingerprint density at radius 3 is 2.39 bits per heavy atom. The van der Waals surface area contributed by atoms with E-state index in [1.54, 1.807) is 30.5 Å². The van der Waals surface area contributed by atoms with Crippen molar-refractivity contribution in [1.29, 1.82) is 0 Å². The zero-order valence-corrected chi connectivity index (χ0v) is 17.1. The van der Waals surface area contributed by atoms with E-state index in [9.17, 15) is 13.5 Å². The summed E-state index contributed by atoms with van der Waals surface area (Å²) in [6.07, 6.45) is 1.54. The molecule has 148 valence electrons. The lowest BCUT2D eigenvalue weighted by molar-refractivity contribution is 0.148. The number of hydrogen-bond donors (Lipinski definition) is 1. The first-order chi connectivity index (χ1) is 13.3. The molecule has 0 atom stereocenters. The van der Waals surface area contributed by atoms with Gasteiger partial charge in [-0.05, 0) is 49.0 Å². The topological polar surface area (TPSA) is 65.8 Å². The molecule has 1 aliphatic heterocycles. The molecule has 2 heterocycles. The molecule has 2 aromatic carbocycles. The molecule has 1 saturated heterocycles. The highest BCUT2D eigenvalue weighted by atomic mass is 35.5. The van der Waals surface area contributed by atoms with E-state index in [4.69, 9.17) is 11.6 Å². The van der Waals surface area contributed by atoms with Crippen molar-refractivity contribution < 1.29 is 13.5 Å². The first-order valence-corrected chi connectivity index (χ1v) is 10.9. The van der Waals surface area contributed by atoms with Gasteiger partial charge in [0.2, 0.25) is 0 Å². The molecule has 0 unspecified atom stereocenters. The Balaban J connectivity index is 1.74. The van der Waals surface area contributed by atoms with Crippen molar-refractivity contribution in [2.24, 2.45) is 0 Å². The highest BCUT2D eigenvalue weighted by molar-refractivity contribution is 7.90. The molecule has 8 heteroatoms. The van der Waals surface area contributed by atoms with Crippen LogP contribution in [0.3, 0.4) is 0 Å². The second-order valence-corrected chi connectivity index (χ2v) is 9.44. The minimum Gasteiger partial charge on any atom is -0.508 e. The molecule has 0 amide bonds. The predicted molar refractivity (Wildman–Crippen MR) is 110 cm³/mol. The van der Waals surface area contributed by atoms with Crippen molar-refractivity contribution >= 4 is 32.5 Å². The van der Waals surface area contributed by atoms with E-state index < -0.39 is 10.0 Å². The summed E-state index contributed by atoms with van der Waals surface area (Å²) in [4.78, 5) is 4.75. The number of aromatic hydroxyl groups is 1. The highest BCUT2D eigenvalue weighted by Gasteiger charge is 2.22. The summed E-state index contributed by atoms with van der Waals surface area (Å²) in [6, 6.07) is 11.1. The van der Waals surface area contributed by atoms with Gasteiger partial charge in [-0.3, -0.25) is 4.90 Å². The third-order valence-corrected chi connectivity index (χ3v) is 7.16. The molecule has 0 bridgehead atoms. The standard InChI is InChI=1S/C20H22ClN3O3S/c1-22-8-10-23(11-9-22)14-15-12-17(25)13-20-19(15)6-7-24(20)28(26,27)18-4-2-16(21)3-5-18/h2-7,12-13,25H,8-11,14H2,1H3. The van der Waals surface area contributed by atoms with E-state index in [0.717, 1.165) is 37.1 Å². The van der Waals surface area contributed by atoms with Crippen molar-refractivity contribution in [2.45, 2.75) is 11.4 Å². The van der Waals surface area contributed by atoms with Crippen molar-refractivity contribution in [3.8, 4) is 5.75 Å². The molecule has 3 aromatic rings. The second-order valence-electron chi connectivity index (χ2n) is 7.19. The van der Waals surface area contributed by atoms with Crippen LogP contribution in [0, 0.1) is 0 Å². The maximum Gasteiger partial charge on any atom is 0.268 e. The number of piperazine rings is 1. The van der Waals surface area contributed by atoms with Gasteiger partial charge in [-0.25, -0.2) is 12.4 Å². The van der Waals surface area contributed by atoms with Crippen LogP contribution in [0.5, 0.6) is 5.75 Å². The van der Waals surface area contributed by atoms with Crippen LogP contribution in [0.1, 0.15) is 5.56 Å². The van der Waals surface area contributed by atoms with Crippen molar-refractivity contribution in [3.63, 3.8) is 0 Å². The molecule has 0 saturated carbocycles. The SMILES string of the molecule is CN1CCN(Cc2cc(O)cc3c2ccn3S(=O)(=O)c2ccc(Cl)cc2)CC1. The maximum atomic E-state index is 13.1. The lowest BCUT2D eigenvalue weighted by Crippen LogP contribution is -2.43. The summed E-state index contributed by atoms with van der Waals surface area (Å²) in [5.74, 6) is 0.0582.